The van der Waals surface area contributed by atoms with E-state index in [-0.39, 0.29) is 11.6 Å². The van der Waals surface area contributed by atoms with Gasteiger partial charge in [-0.25, -0.2) is 0 Å². The number of anilines is 2. The van der Waals surface area contributed by atoms with Gasteiger partial charge in [-0.05, 0) is 86.2 Å². The first kappa shape index (κ1) is 33.5. The van der Waals surface area contributed by atoms with Gasteiger partial charge in [-0.2, -0.15) is 5.26 Å². The molecule has 0 radical (unpaired) electrons. The van der Waals surface area contributed by atoms with E-state index in [1.807, 2.05) is 61.5 Å². The van der Waals surface area contributed by atoms with Crippen molar-refractivity contribution >= 4 is 57.6 Å². The van der Waals surface area contributed by atoms with Gasteiger partial charge in [0.15, 0.2) is 0 Å². The van der Waals surface area contributed by atoms with Gasteiger partial charge in [-0.1, -0.05) is 55.5 Å². The number of rotatable bonds is 10. The normalized spacial score (nSPS) is 14.6. The Kier molecular flexibility index (Phi) is 10.4. The fourth-order valence-corrected chi connectivity index (χ4v) is 7.75. The van der Waals surface area contributed by atoms with Gasteiger partial charge >= 0.3 is 0 Å². The molecule has 2 atom stereocenters. The summed E-state index contributed by atoms with van der Waals surface area (Å²) in [5, 5.41) is 18.6. The zero-order chi connectivity index (χ0) is 34.3. The van der Waals surface area contributed by atoms with E-state index in [0.717, 1.165) is 35.3 Å². The number of thioether (sulfide) groups is 1. The van der Waals surface area contributed by atoms with Gasteiger partial charge in [0, 0.05) is 32.7 Å². The van der Waals surface area contributed by atoms with E-state index in [2.05, 4.69) is 28.9 Å². The third-order valence-electron chi connectivity index (χ3n) is 8.15. The number of benzene rings is 3. The topological polar surface area (TPSA) is 124 Å². The van der Waals surface area contributed by atoms with Crippen molar-refractivity contribution in [2.75, 3.05) is 10.6 Å². The quantitative estimate of drug-likeness (QED) is 0.1000. The third kappa shape index (κ3) is 8.20. The highest BCUT2D eigenvalue weighted by Crippen LogP contribution is 2.39. The summed E-state index contributed by atoms with van der Waals surface area (Å²) >= 11 is 2.89. The number of hydrogen-bond donors (Lipinski definition) is 3. The predicted molar refractivity (Wildman–Crippen MR) is 195 cm³/mol. The summed E-state index contributed by atoms with van der Waals surface area (Å²) in [6.07, 6.45) is 4.35. The van der Waals surface area contributed by atoms with Crippen LogP contribution >= 0.6 is 23.1 Å². The first-order valence-corrected chi connectivity index (χ1v) is 17.6. The van der Waals surface area contributed by atoms with Crippen LogP contribution in [0.3, 0.4) is 0 Å². The fraction of sp³-hybridized carbons (Fsp3) is 0.179. The maximum Gasteiger partial charge on any atom is 0.272 e. The number of hydrogen-bond acceptors (Lipinski definition) is 7. The average Bonchev–Trinajstić information content (AvgIpc) is 3.73. The second-order valence-electron chi connectivity index (χ2n) is 11.8. The molecule has 2 aromatic heterocycles. The number of fused-ring (bicyclic) bond motifs is 1. The molecule has 10 heteroatoms. The molecule has 6 rings (SSSR count). The van der Waals surface area contributed by atoms with Crippen LogP contribution in [0.1, 0.15) is 52.4 Å². The summed E-state index contributed by atoms with van der Waals surface area (Å²) in [4.78, 5) is 41.7. The largest absolute Gasteiger partial charge is 0.457 e. The number of nitrogens with one attached hydrogen (secondary N) is 3. The maximum absolute atomic E-state index is 13.5. The summed E-state index contributed by atoms with van der Waals surface area (Å²) in [5.74, 6) is 0.458. The first-order valence-electron chi connectivity index (χ1n) is 15.9. The number of amides is 3. The predicted octanol–water partition coefficient (Wildman–Crippen LogP) is 8.53. The lowest BCUT2D eigenvalue weighted by Crippen LogP contribution is -2.30. The second-order valence-corrected chi connectivity index (χ2v) is 14.4. The molecule has 0 unspecified atom stereocenters. The van der Waals surface area contributed by atoms with E-state index in [4.69, 9.17) is 4.42 Å². The molecule has 5 aromatic rings. The van der Waals surface area contributed by atoms with E-state index >= 15 is 0 Å². The molecular formula is C39H34N4O4S2. The Morgan fingerprint density at radius 3 is 2.39 bits per heavy atom. The molecule has 3 amide bonds. The molecule has 0 bridgehead atoms. The molecule has 246 valence electrons. The molecule has 2 heterocycles. The molecule has 0 saturated carbocycles. The number of furan rings is 1. The second kappa shape index (κ2) is 15.2. The van der Waals surface area contributed by atoms with E-state index in [9.17, 15) is 19.6 Å². The highest BCUT2D eigenvalue weighted by Gasteiger charge is 2.26. The molecule has 0 fully saturated rings. The van der Waals surface area contributed by atoms with Crippen LogP contribution in [0.15, 0.2) is 112 Å². The molecule has 49 heavy (non-hydrogen) atoms. The van der Waals surface area contributed by atoms with Gasteiger partial charge in [0.05, 0.1) is 10.8 Å². The minimum atomic E-state index is -0.531. The summed E-state index contributed by atoms with van der Waals surface area (Å²) in [6.45, 7) is 4.03. The fourth-order valence-electron chi connectivity index (χ4n) is 5.52. The zero-order valence-corrected chi connectivity index (χ0v) is 28.6. The van der Waals surface area contributed by atoms with Crippen molar-refractivity contribution in [3.63, 3.8) is 0 Å². The summed E-state index contributed by atoms with van der Waals surface area (Å²) in [6, 6.07) is 31.2. The van der Waals surface area contributed by atoms with Crippen molar-refractivity contribution in [3.8, 4) is 17.4 Å². The molecular weight excluding hydrogens is 653 g/mol. The Morgan fingerprint density at radius 1 is 0.959 bits per heavy atom. The standard InChI is InChI=1S/C39H34N4O4S2/c1-24-13-19-31-32(23-40)39(49-35(31)21-24)43-36(44)25(2)48-30-17-14-28(15-18-30)41-38(46)33(42-37(45)27-11-7-4-8-12-27)22-29-16-20-34(47-29)26-9-5-3-6-10-26/h3-12,14-18,20,22,24-25H,13,19,21H2,1-2H3,(H,41,46)(H,42,45)(H,43,44)/b33-22-/t24-,25-/m1/s1. The van der Waals surface area contributed by atoms with Crippen LogP contribution in [0.5, 0.6) is 0 Å². The van der Waals surface area contributed by atoms with Gasteiger partial charge in [0.2, 0.25) is 5.91 Å². The van der Waals surface area contributed by atoms with Gasteiger partial charge < -0.3 is 20.4 Å². The van der Waals surface area contributed by atoms with Gasteiger partial charge in [-0.3, -0.25) is 14.4 Å². The Morgan fingerprint density at radius 2 is 1.67 bits per heavy atom. The van der Waals surface area contributed by atoms with Crippen molar-refractivity contribution in [2.45, 2.75) is 43.3 Å². The Hall–Kier alpha value is -5.37. The van der Waals surface area contributed by atoms with Crippen LogP contribution in [0.4, 0.5) is 10.7 Å². The van der Waals surface area contributed by atoms with Crippen molar-refractivity contribution in [2.24, 2.45) is 5.92 Å². The first-order chi connectivity index (χ1) is 23.8. The Labute approximate surface area is 293 Å². The lowest BCUT2D eigenvalue weighted by atomic mass is 9.89. The van der Waals surface area contributed by atoms with Crippen molar-refractivity contribution < 1.29 is 18.8 Å². The molecule has 1 aliphatic carbocycles. The molecule has 1 aliphatic rings. The van der Waals surface area contributed by atoms with E-state index < -0.39 is 17.1 Å². The molecule has 3 aromatic carbocycles. The average molecular weight is 687 g/mol. The lowest BCUT2D eigenvalue weighted by Gasteiger charge is -2.17. The van der Waals surface area contributed by atoms with Crippen LogP contribution in [0.25, 0.3) is 17.4 Å². The van der Waals surface area contributed by atoms with E-state index in [1.54, 1.807) is 42.5 Å². The zero-order valence-electron chi connectivity index (χ0n) is 27.0. The summed E-state index contributed by atoms with van der Waals surface area (Å²) in [7, 11) is 0. The smallest absolute Gasteiger partial charge is 0.272 e. The highest BCUT2D eigenvalue weighted by atomic mass is 32.2. The maximum atomic E-state index is 13.5. The van der Waals surface area contributed by atoms with E-state index in [0.29, 0.717) is 39.3 Å². The van der Waals surface area contributed by atoms with Gasteiger partial charge in [0.1, 0.15) is 28.3 Å². The lowest BCUT2D eigenvalue weighted by molar-refractivity contribution is -0.115. The van der Waals surface area contributed by atoms with Crippen LogP contribution in [-0.2, 0) is 22.4 Å². The number of nitriles is 1. The number of thiophene rings is 1. The number of carbonyl (C=O) groups is 3. The third-order valence-corrected chi connectivity index (χ3v) is 10.4. The van der Waals surface area contributed by atoms with Gasteiger partial charge in [0.25, 0.3) is 11.8 Å². The summed E-state index contributed by atoms with van der Waals surface area (Å²) < 4.78 is 5.98. The SMILES string of the molecule is C[C@@H]1CCc2c(sc(NC(=O)[C@@H](C)Sc3ccc(NC(=O)/C(=C/c4ccc(-c5ccccc5)o4)NC(=O)c4ccccc4)cc3)c2C#N)C1. The Bertz CT molecular complexity index is 2040. The molecule has 8 nitrogen and oxygen atoms in total. The molecule has 3 N–H and O–H groups in total. The Balaban J connectivity index is 1.12. The van der Waals surface area contributed by atoms with Crippen molar-refractivity contribution in [3.05, 3.63) is 130 Å². The number of carbonyl (C=O) groups excluding carboxylic acids is 3. The molecule has 0 spiro atoms. The highest BCUT2D eigenvalue weighted by molar-refractivity contribution is 8.00. The minimum absolute atomic E-state index is 0.00742. The molecule has 0 aliphatic heterocycles. The summed E-state index contributed by atoms with van der Waals surface area (Å²) in [5.41, 5.74) is 3.48. The minimum Gasteiger partial charge on any atom is -0.457 e. The molecule has 0 saturated heterocycles. The van der Waals surface area contributed by atoms with Crippen molar-refractivity contribution in [1.82, 2.24) is 5.32 Å². The van der Waals surface area contributed by atoms with Gasteiger partial charge in [-0.15, -0.1) is 23.1 Å². The van der Waals surface area contributed by atoms with Crippen LogP contribution in [0, 0.1) is 17.2 Å². The number of nitrogens with zero attached hydrogens (tertiary/aromatic N) is 1. The van der Waals surface area contributed by atoms with Crippen LogP contribution < -0.4 is 16.0 Å². The monoisotopic (exact) mass is 686 g/mol. The van der Waals surface area contributed by atoms with E-state index in [1.165, 1.54) is 34.1 Å². The van der Waals surface area contributed by atoms with Crippen molar-refractivity contribution in [1.29, 1.82) is 5.26 Å². The van der Waals surface area contributed by atoms with Crippen LogP contribution in [0.2, 0.25) is 0 Å². The van der Waals surface area contributed by atoms with Crippen LogP contribution in [-0.4, -0.2) is 23.0 Å².